The first-order valence-corrected chi connectivity index (χ1v) is 9.22. The van der Waals surface area contributed by atoms with Gasteiger partial charge in [0, 0.05) is 11.8 Å². The third-order valence-corrected chi connectivity index (χ3v) is 5.16. The number of amides is 2. The number of rotatable bonds is 2. The van der Waals surface area contributed by atoms with Crippen LogP contribution < -0.4 is 15.4 Å². The SMILES string of the molecule is Cc1ncc2c(c1C#N)OC(c1cnc(-n3nccn3)c(Cl)c1)(C(F)(F)F)CN2C(N)=O. The fourth-order valence-electron chi connectivity index (χ4n) is 3.30. The molecule has 2 amide bonds. The fourth-order valence-corrected chi connectivity index (χ4v) is 3.54. The number of carbonyl (C=O) groups excluding carboxylic acids is 1. The molecule has 3 aromatic heterocycles. The molecule has 3 aromatic rings. The largest absolute Gasteiger partial charge is 0.467 e. The molecular formula is C18H12ClF3N8O2. The molecule has 0 saturated heterocycles. The van der Waals surface area contributed by atoms with E-state index in [1.165, 1.54) is 19.3 Å². The van der Waals surface area contributed by atoms with Gasteiger partial charge in [0.2, 0.25) is 5.60 Å². The molecule has 1 aliphatic rings. The molecule has 14 heteroatoms. The Morgan fingerprint density at radius 3 is 2.56 bits per heavy atom. The molecule has 2 N–H and O–H groups in total. The summed E-state index contributed by atoms with van der Waals surface area (Å²) in [4.78, 5) is 21.7. The second-order valence-corrected chi connectivity index (χ2v) is 7.15. The molecule has 164 valence electrons. The number of halogens is 4. The number of hydrogen-bond acceptors (Lipinski definition) is 7. The third-order valence-electron chi connectivity index (χ3n) is 4.88. The first-order chi connectivity index (χ1) is 15.1. The van der Waals surface area contributed by atoms with Gasteiger partial charge in [0.1, 0.15) is 17.3 Å². The van der Waals surface area contributed by atoms with Crippen LogP contribution in [-0.2, 0) is 5.60 Å². The minimum atomic E-state index is -5.07. The Morgan fingerprint density at radius 2 is 2.00 bits per heavy atom. The third kappa shape index (κ3) is 3.16. The zero-order valence-corrected chi connectivity index (χ0v) is 16.9. The number of ether oxygens (including phenoxy) is 1. The Balaban J connectivity index is 1.95. The number of nitrogens with two attached hydrogens (primary N) is 1. The maximum absolute atomic E-state index is 14.6. The molecule has 4 heterocycles. The molecule has 4 rings (SSSR count). The lowest BCUT2D eigenvalue weighted by Crippen LogP contribution is -2.60. The van der Waals surface area contributed by atoms with E-state index >= 15 is 0 Å². The minimum Gasteiger partial charge on any atom is -0.467 e. The highest BCUT2D eigenvalue weighted by atomic mass is 35.5. The van der Waals surface area contributed by atoms with E-state index in [0.29, 0.717) is 4.90 Å². The normalized spacial score (nSPS) is 17.9. The zero-order valence-electron chi connectivity index (χ0n) is 16.1. The first-order valence-electron chi connectivity index (χ1n) is 8.84. The Hall–Kier alpha value is -3.92. The highest BCUT2D eigenvalue weighted by Crippen LogP contribution is 2.50. The van der Waals surface area contributed by atoms with Crippen LogP contribution in [0.1, 0.15) is 16.8 Å². The van der Waals surface area contributed by atoms with E-state index in [-0.39, 0.29) is 27.8 Å². The highest BCUT2D eigenvalue weighted by molar-refractivity contribution is 6.32. The maximum atomic E-state index is 14.6. The Morgan fingerprint density at radius 1 is 1.31 bits per heavy atom. The lowest BCUT2D eigenvalue weighted by molar-refractivity contribution is -0.252. The molecule has 0 spiro atoms. The van der Waals surface area contributed by atoms with Crippen LogP contribution in [0.5, 0.6) is 5.75 Å². The zero-order chi connectivity index (χ0) is 23.3. The summed E-state index contributed by atoms with van der Waals surface area (Å²) >= 11 is 6.18. The molecule has 10 nitrogen and oxygen atoms in total. The summed E-state index contributed by atoms with van der Waals surface area (Å²) in [5.74, 6) is -0.491. The topological polar surface area (TPSA) is 136 Å². The van der Waals surface area contributed by atoms with Crippen LogP contribution >= 0.6 is 11.6 Å². The van der Waals surface area contributed by atoms with E-state index in [9.17, 15) is 23.2 Å². The van der Waals surface area contributed by atoms with Crippen LogP contribution in [0.4, 0.5) is 23.7 Å². The Kier molecular flexibility index (Phi) is 4.89. The van der Waals surface area contributed by atoms with Crippen molar-refractivity contribution < 1.29 is 22.7 Å². The number of alkyl halides is 3. The maximum Gasteiger partial charge on any atom is 0.434 e. The molecule has 1 aliphatic heterocycles. The van der Waals surface area contributed by atoms with Gasteiger partial charge in [-0.05, 0) is 13.0 Å². The molecule has 0 fully saturated rings. The summed E-state index contributed by atoms with van der Waals surface area (Å²) < 4.78 is 49.1. The fraction of sp³-hybridized carbons (Fsp3) is 0.222. The number of primary amides is 1. The Labute approximate surface area is 183 Å². The van der Waals surface area contributed by atoms with Crippen LogP contribution in [0.2, 0.25) is 5.02 Å². The second kappa shape index (κ2) is 7.34. The van der Waals surface area contributed by atoms with Crippen LogP contribution in [0.25, 0.3) is 5.82 Å². The molecule has 1 unspecified atom stereocenters. The number of carbonyl (C=O) groups is 1. The van der Waals surface area contributed by atoms with Crippen LogP contribution in [0.15, 0.2) is 30.9 Å². The molecule has 32 heavy (non-hydrogen) atoms. The number of urea groups is 1. The van der Waals surface area contributed by atoms with Gasteiger partial charge in [0.25, 0.3) is 0 Å². The standard InChI is InChI=1S/C18H12ClF3N8O2/c1-9-11(5-23)14-13(7-25-9)29(16(24)31)8-17(32-14,18(20,21)22)10-4-12(19)15(26-6-10)30-27-2-3-28-30/h2-4,6-7H,8H2,1H3,(H2,24,31). The molecule has 1 atom stereocenters. The van der Waals surface area contributed by atoms with Crippen molar-refractivity contribution in [3.8, 4) is 17.6 Å². The van der Waals surface area contributed by atoms with Crippen LogP contribution in [-0.4, -0.2) is 43.7 Å². The Bertz CT molecular complexity index is 1260. The van der Waals surface area contributed by atoms with Gasteiger partial charge in [-0.15, -0.1) is 4.80 Å². The molecule has 0 aliphatic carbocycles. The summed E-state index contributed by atoms with van der Waals surface area (Å²) in [6, 6.07) is 1.57. The summed E-state index contributed by atoms with van der Waals surface area (Å²) in [6.45, 7) is 0.372. The van der Waals surface area contributed by atoms with Gasteiger partial charge in [-0.3, -0.25) is 9.88 Å². The number of pyridine rings is 2. The van der Waals surface area contributed by atoms with Crippen molar-refractivity contribution in [3.05, 3.63) is 52.7 Å². The van der Waals surface area contributed by atoms with Gasteiger partial charge < -0.3 is 10.5 Å². The lowest BCUT2D eigenvalue weighted by atomic mass is 9.91. The van der Waals surface area contributed by atoms with E-state index in [1.807, 2.05) is 0 Å². The van der Waals surface area contributed by atoms with Gasteiger partial charge in [0.15, 0.2) is 11.6 Å². The smallest absolute Gasteiger partial charge is 0.434 e. The predicted molar refractivity (Wildman–Crippen MR) is 103 cm³/mol. The average Bonchev–Trinajstić information content (AvgIpc) is 3.26. The number of nitriles is 1. The quantitative estimate of drug-likeness (QED) is 0.615. The van der Waals surface area contributed by atoms with Crippen LogP contribution in [0, 0.1) is 18.3 Å². The monoisotopic (exact) mass is 464 g/mol. The molecule has 0 saturated carbocycles. The summed E-state index contributed by atoms with van der Waals surface area (Å²) in [7, 11) is 0. The highest BCUT2D eigenvalue weighted by Gasteiger charge is 2.63. The average molecular weight is 465 g/mol. The van der Waals surface area contributed by atoms with Crippen molar-refractivity contribution in [3.63, 3.8) is 0 Å². The van der Waals surface area contributed by atoms with Crippen molar-refractivity contribution in [2.24, 2.45) is 5.73 Å². The predicted octanol–water partition coefficient (Wildman–Crippen LogP) is 2.63. The van der Waals surface area contributed by atoms with Gasteiger partial charge in [-0.1, -0.05) is 11.6 Å². The minimum absolute atomic E-state index is 0.0153. The lowest BCUT2D eigenvalue weighted by Gasteiger charge is -2.44. The molecule has 0 radical (unpaired) electrons. The van der Waals surface area contributed by atoms with Crippen molar-refractivity contribution in [1.29, 1.82) is 5.26 Å². The molecule has 0 aromatic carbocycles. The van der Waals surface area contributed by atoms with Gasteiger partial charge >= 0.3 is 12.2 Å². The summed E-state index contributed by atoms with van der Waals surface area (Å²) in [6.07, 6.45) is -0.376. The first kappa shape index (κ1) is 21.3. The van der Waals surface area contributed by atoms with E-state index in [2.05, 4.69) is 20.2 Å². The van der Waals surface area contributed by atoms with E-state index in [0.717, 1.165) is 23.3 Å². The van der Waals surface area contributed by atoms with Crippen LogP contribution in [0.3, 0.4) is 0 Å². The molecule has 0 bridgehead atoms. The van der Waals surface area contributed by atoms with E-state index in [1.54, 1.807) is 6.07 Å². The van der Waals surface area contributed by atoms with Crippen molar-refractivity contribution in [2.75, 3.05) is 11.4 Å². The van der Waals surface area contributed by atoms with E-state index < -0.39 is 35.7 Å². The number of fused-ring (bicyclic) bond motifs is 1. The van der Waals surface area contributed by atoms with Gasteiger partial charge in [-0.2, -0.15) is 28.6 Å². The number of aromatic nitrogens is 5. The number of anilines is 1. The second-order valence-electron chi connectivity index (χ2n) is 6.74. The number of nitrogens with zero attached hydrogens (tertiary/aromatic N) is 7. The van der Waals surface area contributed by atoms with Gasteiger partial charge in [0.05, 0.1) is 35.9 Å². The molecular weight excluding hydrogens is 453 g/mol. The van der Waals surface area contributed by atoms with E-state index in [4.69, 9.17) is 22.1 Å². The van der Waals surface area contributed by atoms with Crippen molar-refractivity contribution >= 4 is 23.3 Å². The summed E-state index contributed by atoms with van der Waals surface area (Å²) in [5, 5.41) is 17.0. The van der Waals surface area contributed by atoms with Crippen molar-refractivity contribution in [2.45, 2.75) is 18.7 Å². The number of hydrogen-bond donors (Lipinski definition) is 1. The number of aryl methyl sites for hydroxylation is 1. The summed E-state index contributed by atoms with van der Waals surface area (Å²) in [5.41, 5.74) is 1.42. The van der Waals surface area contributed by atoms with Gasteiger partial charge in [-0.25, -0.2) is 9.78 Å². The van der Waals surface area contributed by atoms with Crippen molar-refractivity contribution in [1.82, 2.24) is 25.0 Å².